The topological polar surface area (TPSA) is 0 Å². The first kappa shape index (κ1) is 11.9. The second kappa shape index (κ2) is 5.67. The van der Waals surface area contributed by atoms with Crippen LogP contribution < -0.4 is 0 Å². The summed E-state index contributed by atoms with van der Waals surface area (Å²) in [6.45, 7) is 0. The molecule has 1 saturated carbocycles. The molecule has 1 fully saturated rings. The normalized spacial score (nSPS) is 18.9. The predicted molar refractivity (Wildman–Crippen MR) is 66.3 cm³/mol. The minimum Gasteiger partial charge on any atom is -0.207 e. The molecule has 0 bridgehead atoms. The first-order valence-corrected chi connectivity index (χ1v) is 6.56. The SMILES string of the molecule is Fc1ccc(CC(Cl)CC2CCCC2)cc1. The molecule has 0 aromatic heterocycles. The van der Waals surface area contributed by atoms with Gasteiger partial charge in [-0.25, -0.2) is 4.39 Å². The van der Waals surface area contributed by atoms with Crippen molar-refractivity contribution in [1.82, 2.24) is 0 Å². The molecule has 0 heterocycles. The molecular weight excluding hydrogens is 223 g/mol. The fourth-order valence-electron chi connectivity index (χ4n) is 2.57. The Bertz CT molecular complexity index is 314. The van der Waals surface area contributed by atoms with E-state index in [1.165, 1.54) is 37.8 Å². The van der Waals surface area contributed by atoms with E-state index in [1.54, 1.807) is 0 Å². The van der Waals surface area contributed by atoms with Crippen LogP contribution >= 0.6 is 11.6 Å². The lowest BCUT2D eigenvalue weighted by Crippen LogP contribution is -2.09. The molecule has 1 unspecified atom stereocenters. The Morgan fingerprint density at radius 2 is 1.81 bits per heavy atom. The average molecular weight is 241 g/mol. The lowest BCUT2D eigenvalue weighted by Gasteiger charge is -2.14. The highest BCUT2D eigenvalue weighted by atomic mass is 35.5. The maximum atomic E-state index is 12.7. The van der Waals surface area contributed by atoms with E-state index in [0.717, 1.165) is 24.3 Å². The highest BCUT2D eigenvalue weighted by molar-refractivity contribution is 6.20. The Morgan fingerprint density at radius 3 is 2.44 bits per heavy atom. The summed E-state index contributed by atoms with van der Waals surface area (Å²) in [6, 6.07) is 6.68. The van der Waals surface area contributed by atoms with Crippen LogP contribution in [0.5, 0.6) is 0 Å². The molecule has 1 atom stereocenters. The van der Waals surface area contributed by atoms with Crippen LogP contribution in [0.2, 0.25) is 0 Å². The molecule has 0 spiro atoms. The van der Waals surface area contributed by atoms with Crippen molar-refractivity contribution in [1.29, 1.82) is 0 Å². The third kappa shape index (κ3) is 3.48. The molecule has 0 nitrogen and oxygen atoms in total. The van der Waals surface area contributed by atoms with Crippen LogP contribution in [0.15, 0.2) is 24.3 Å². The Kier molecular flexibility index (Phi) is 4.22. The Balaban J connectivity index is 1.81. The molecule has 1 aliphatic carbocycles. The molecule has 16 heavy (non-hydrogen) atoms. The van der Waals surface area contributed by atoms with Crippen molar-refractivity contribution in [3.05, 3.63) is 35.6 Å². The largest absolute Gasteiger partial charge is 0.207 e. The summed E-state index contributed by atoms with van der Waals surface area (Å²) in [6.07, 6.45) is 7.38. The van der Waals surface area contributed by atoms with Gasteiger partial charge in [0.05, 0.1) is 0 Å². The molecular formula is C14H18ClF. The van der Waals surface area contributed by atoms with E-state index in [4.69, 9.17) is 11.6 Å². The van der Waals surface area contributed by atoms with Crippen molar-refractivity contribution < 1.29 is 4.39 Å². The number of hydrogen-bond donors (Lipinski definition) is 0. The minimum atomic E-state index is -0.175. The molecule has 1 aliphatic rings. The summed E-state index contributed by atoms with van der Waals surface area (Å²) >= 11 is 6.34. The number of alkyl halides is 1. The zero-order valence-electron chi connectivity index (χ0n) is 9.46. The van der Waals surface area contributed by atoms with Gasteiger partial charge < -0.3 is 0 Å². The predicted octanol–water partition coefficient (Wildman–Crippen LogP) is 4.56. The fourth-order valence-corrected chi connectivity index (χ4v) is 3.00. The van der Waals surface area contributed by atoms with Gasteiger partial charge >= 0.3 is 0 Å². The lowest BCUT2D eigenvalue weighted by molar-refractivity contribution is 0.488. The third-order valence-electron chi connectivity index (χ3n) is 3.43. The van der Waals surface area contributed by atoms with Crippen LogP contribution in [0.3, 0.4) is 0 Å². The quantitative estimate of drug-likeness (QED) is 0.677. The molecule has 88 valence electrons. The van der Waals surface area contributed by atoms with Gasteiger partial charge in [0.1, 0.15) is 5.82 Å². The number of rotatable bonds is 4. The number of benzene rings is 1. The maximum absolute atomic E-state index is 12.7. The summed E-state index contributed by atoms with van der Waals surface area (Å²) in [5, 5.41) is 0.202. The monoisotopic (exact) mass is 240 g/mol. The Labute approximate surface area is 102 Å². The second-order valence-electron chi connectivity index (χ2n) is 4.81. The van der Waals surface area contributed by atoms with E-state index < -0.39 is 0 Å². The van der Waals surface area contributed by atoms with E-state index >= 15 is 0 Å². The van der Waals surface area contributed by atoms with Crippen LogP contribution in [0.25, 0.3) is 0 Å². The van der Waals surface area contributed by atoms with Gasteiger partial charge in [-0.2, -0.15) is 0 Å². The van der Waals surface area contributed by atoms with Gasteiger partial charge in [0.25, 0.3) is 0 Å². The van der Waals surface area contributed by atoms with Crippen LogP contribution in [-0.2, 0) is 6.42 Å². The van der Waals surface area contributed by atoms with Gasteiger partial charge in [0, 0.05) is 5.38 Å². The maximum Gasteiger partial charge on any atom is 0.123 e. The fraction of sp³-hybridized carbons (Fsp3) is 0.571. The Morgan fingerprint density at radius 1 is 1.19 bits per heavy atom. The molecule has 0 N–H and O–H groups in total. The molecule has 2 heteroatoms. The highest BCUT2D eigenvalue weighted by Crippen LogP contribution is 2.30. The molecule has 2 rings (SSSR count). The van der Waals surface area contributed by atoms with Crippen molar-refractivity contribution in [2.45, 2.75) is 43.9 Å². The Hall–Kier alpha value is -0.560. The van der Waals surface area contributed by atoms with Crippen LogP contribution in [0.4, 0.5) is 4.39 Å². The standard InChI is InChI=1S/C14H18ClF/c15-13(9-11-3-1-2-4-11)10-12-5-7-14(16)8-6-12/h5-8,11,13H,1-4,9-10H2. The third-order valence-corrected chi connectivity index (χ3v) is 3.77. The molecule has 0 aliphatic heterocycles. The van der Waals surface area contributed by atoms with E-state index in [-0.39, 0.29) is 11.2 Å². The highest BCUT2D eigenvalue weighted by Gasteiger charge is 2.18. The minimum absolute atomic E-state index is 0.175. The van der Waals surface area contributed by atoms with Crippen LogP contribution in [-0.4, -0.2) is 5.38 Å². The zero-order valence-corrected chi connectivity index (χ0v) is 10.2. The van der Waals surface area contributed by atoms with Gasteiger partial charge in [-0.05, 0) is 36.5 Å². The summed E-state index contributed by atoms with van der Waals surface area (Å²) in [4.78, 5) is 0. The first-order valence-electron chi connectivity index (χ1n) is 6.12. The van der Waals surface area contributed by atoms with Crippen molar-refractivity contribution in [3.8, 4) is 0 Å². The zero-order chi connectivity index (χ0) is 11.4. The van der Waals surface area contributed by atoms with Crippen molar-refractivity contribution >= 4 is 11.6 Å². The average Bonchev–Trinajstić information content (AvgIpc) is 2.74. The summed E-state index contributed by atoms with van der Waals surface area (Å²) in [5.74, 6) is 0.647. The molecule has 1 aromatic carbocycles. The lowest BCUT2D eigenvalue weighted by atomic mass is 9.98. The van der Waals surface area contributed by atoms with Crippen molar-refractivity contribution in [3.63, 3.8) is 0 Å². The van der Waals surface area contributed by atoms with E-state index in [2.05, 4.69) is 0 Å². The van der Waals surface area contributed by atoms with Gasteiger partial charge in [-0.1, -0.05) is 37.8 Å². The van der Waals surface area contributed by atoms with Gasteiger partial charge in [0.2, 0.25) is 0 Å². The van der Waals surface area contributed by atoms with Crippen LogP contribution in [0.1, 0.15) is 37.7 Å². The molecule has 0 saturated heterocycles. The van der Waals surface area contributed by atoms with E-state index in [0.29, 0.717) is 0 Å². The first-order chi connectivity index (χ1) is 7.74. The molecule has 0 amide bonds. The number of halogens is 2. The summed E-state index contributed by atoms with van der Waals surface area (Å²) in [7, 11) is 0. The van der Waals surface area contributed by atoms with Gasteiger partial charge in [-0.3, -0.25) is 0 Å². The summed E-state index contributed by atoms with van der Waals surface area (Å²) in [5.41, 5.74) is 1.14. The van der Waals surface area contributed by atoms with Gasteiger partial charge in [-0.15, -0.1) is 11.6 Å². The second-order valence-corrected chi connectivity index (χ2v) is 5.43. The van der Waals surface area contributed by atoms with E-state index in [1.807, 2.05) is 12.1 Å². The van der Waals surface area contributed by atoms with Crippen molar-refractivity contribution in [2.75, 3.05) is 0 Å². The van der Waals surface area contributed by atoms with Crippen LogP contribution in [0, 0.1) is 11.7 Å². The van der Waals surface area contributed by atoms with E-state index in [9.17, 15) is 4.39 Å². The number of hydrogen-bond acceptors (Lipinski definition) is 0. The van der Waals surface area contributed by atoms with Crippen molar-refractivity contribution in [2.24, 2.45) is 5.92 Å². The summed E-state index contributed by atoms with van der Waals surface area (Å²) < 4.78 is 12.7. The molecule has 1 aromatic rings. The van der Waals surface area contributed by atoms with Gasteiger partial charge in [0.15, 0.2) is 0 Å². The smallest absolute Gasteiger partial charge is 0.123 e. The molecule has 0 radical (unpaired) electrons.